The first-order valence-corrected chi connectivity index (χ1v) is 7.81. The van der Waals surface area contributed by atoms with Crippen LogP contribution >= 0.6 is 0 Å². The van der Waals surface area contributed by atoms with E-state index in [0.29, 0.717) is 17.9 Å². The van der Waals surface area contributed by atoms with Gasteiger partial charge in [-0.3, -0.25) is 0 Å². The van der Waals surface area contributed by atoms with Gasteiger partial charge in [0.2, 0.25) is 10.0 Å². The minimum atomic E-state index is -3.42. The lowest BCUT2D eigenvalue weighted by molar-refractivity contribution is 0.189. The first-order valence-electron chi connectivity index (χ1n) is 6.37. The third kappa shape index (κ3) is 1.96. The molecule has 0 saturated carbocycles. The van der Waals surface area contributed by atoms with E-state index in [1.54, 1.807) is 6.07 Å². The molecule has 1 aliphatic carbocycles. The third-order valence-electron chi connectivity index (χ3n) is 3.83. The molecule has 0 radical (unpaired) electrons. The minimum Gasteiger partial charge on any atom is -0.392 e. The molecule has 1 aliphatic heterocycles. The highest BCUT2D eigenvalue weighted by Crippen LogP contribution is 2.27. The Kier molecular flexibility index (Phi) is 2.92. The van der Waals surface area contributed by atoms with Crippen LogP contribution < -0.4 is 0 Å². The number of rotatable bonds is 2. The molecule has 1 aromatic rings. The fraction of sp³-hybridized carbons (Fsp3) is 0.538. The molecule has 1 N–H and O–H groups in total. The molecule has 18 heavy (non-hydrogen) atoms. The predicted molar refractivity (Wildman–Crippen MR) is 67.8 cm³/mol. The molecular weight excluding hydrogens is 250 g/mol. The van der Waals surface area contributed by atoms with Gasteiger partial charge in [0.05, 0.1) is 11.0 Å². The summed E-state index contributed by atoms with van der Waals surface area (Å²) in [5, 5.41) is 9.46. The van der Waals surface area contributed by atoms with Crippen molar-refractivity contribution in [2.45, 2.75) is 36.7 Å². The Labute approximate surface area is 107 Å². The first-order chi connectivity index (χ1) is 8.57. The van der Waals surface area contributed by atoms with Gasteiger partial charge in [-0.2, -0.15) is 4.31 Å². The van der Waals surface area contributed by atoms with Crippen LogP contribution in [-0.4, -0.2) is 37.0 Å². The molecule has 0 aromatic heterocycles. The van der Waals surface area contributed by atoms with Crippen molar-refractivity contribution in [2.24, 2.45) is 0 Å². The Morgan fingerprint density at radius 3 is 2.72 bits per heavy atom. The van der Waals surface area contributed by atoms with E-state index in [2.05, 4.69) is 0 Å². The SMILES string of the molecule is O=S(=O)(c1ccc2c(c1)CCC2)N1CCC(O)C1. The maximum Gasteiger partial charge on any atom is 0.243 e. The fourth-order valence-corrected chi connectivity index (χ4v) is 4.33. The fourth-order valence-electron chi connectivity index (χ4n) is 2.79. The molecule has 1 saturated heterocycles. The number of benzene rings is 1. The largest absolute Gasteiger partial charge is 0.392 e. The van der Waals surface area contributed by atoms with E-state index in [-0.39, 0.29) is 6.54 Å². The Balaban J connectivity index is 1.94. The standard InChI is InChI=1S/C13H17NO3S/c15-12-6-7-14(9-12)18(16,17)13-5-4-10-2-1-3-11(10)8-13/h4-5,8,12,15H,1-3,6-7,9H2. The topological polar surface area (TPSA) is 57.6 Å². The average molecular weight is 267 g/mol. The molecule has 4 nitrogen and oxygen atoms in total. The number of aliphatic hydroxyl groups excluding tert-OH is 1. The van der Waals surface area contributed by atoms with E-state index in [4.69, 9.17) is 0 Å². The van der Waals surface area contributed by atoms with Gasteiger partial charge in [0.1, 0.15) is 0 Å². The van der Waals surface area contributed by atoms with Crippen LogP contribution in [0, 0.1) is 0 Å². The highest BCUT2D eigenvalue weighted by atomic mass is 32.2. The number of sulfonamides is 1. The van der Waals surface area contributed by atoms with Crippen LogP contribution in [0.4, 0.5) is 0 Å². The molecule has 1 aromatic carbocycles. The van der Waals surface area contributed by atoms with E-state index >= 15 is 0 Å². The maximum absolute atomic E-state index is 12.4. The van der Waals surface area contributed by atoms with Crippen LogP contribution in [0.2, 0.25) is 0 Å². The number of nitrogens with zero attached hydrogens (tertiary/aromatic N) is 1. The molecular formula is C13H17NO3S. The van der Waals surface area contributed by atoms with Crippen LogP contribution in [-0.2, 0) is 22.9 Å². The summed E-state index contributed by atoms with van der Waals surface area (Å²) in [6.07, 6.45) is 3.15. The van der Waals surface area contributed by atoms with Crippen molar-refractivity contribution in [1.29, 1.82) is 0 Å². The van der Waals surface area contributed by atoms with Gasteiger partial charge in [-0.25, -0.2) is 8.42 Å². The van der Waals surface area contributed by atoms with Gasteiger partial charge in [0.15, 0.2) is 0 Å². The van der Waals surface area contributed by atoms with Gasteiger partial charge in [-0.05, 0) is 48.9 Å². The molecule has 0 amide bonds. The first kappa shape index (κ1) is 12.1. The minimum absolute atomic E-state index is 0.222. The lowest BCUT2D eigenvalue weighted by Crippen LogP contribution is -2.29. The summed E-state index contributed by atoms with van der Waals surface area (Å²) >= 11 is 0. The van der Waals surface area contributed by atoms with E-state index < -0.39 is 16.1 Å². The van der Waals surface area contributed by atoms with Gasteiger partial charge in [-0.15, -0.1) is 0 Å². The number of hydrogen-bond donors (Lipinski definition) is 1. The average Bonchev–Trinajstić information content (AvgIpc) is 2.96. The molecule has 3 rings (SSSR count). The van der Waals surface area contributed by atoms with Crippen molar-refractivity contribution in [3.8, 4) is 0 Å². The summed E-state index contributed by atoms with van der Waals surface area (Å²) < 4.78 is 26.2. The summed E-state index contributed by atoms with van der Waals surface area (Å²) in [6, 6.07) is 5.44. The Hall–Kier alpha value is -0.910. The molecule has 1 atom stereocenters. The van der Waals surface area contributed by atoms with Crippen molar-refractivity contribution < 1.29 is 13.5 Å². The number of aliphatic hydroxyl groups is 1. The van der Waals surface area contributed by atoms with E-state index in [0.717, 1.165) is 24.8 Å². The number of fused-ring (bicyclic) bond motifs is 1. The van der Waals surface area contributed by atoms with Gasteiger partial charge >= 0.3 is 0 Å². The van der Waals surface area contributed by atoms with E-state index in [1.807, 2.05) is 12.1 Å². The third-order valence-corrected chi connectivity index (χ3v) is 5.69. The summed E-state index contributed by atoms with van der Waals surface area (Å²) in [6.45, 7) is 0.639. The maximum atomic E-state index is 12.4. The monoisotopic (exact) mass is 267 g/mol. The van der Waals surface area contributed by atoms with E-state index in [9.17, 15) is 13.5 Å². The number of hydrogen-bond acceptors (Lipinski definition) is 3. The normalized spacial score (nSPS) is 24.4. The van der Waals surface area contributed by atoms with Gasteiger partial charge < -0.3 is 5.11 Å². The van der Waals surface area contributed by atoms with Crippen molar-refractivity contribution in [1.82, 2.24) is 4.31 Å². The molecule has 0 bridgehead atoms. The highest BCUT2D eigenvalue weighted by Gasteiger charge is 2.32. The van der Waals surface area contributed by atoms with Crippen molar-refractivity contribution in [2.75, 3.05) is 13.1 Å². The quantitative estimate of drug-likeness (QED) is 0.867. The van der Waals surface area contributed by atoms with Crippen LogP contribution in [0.5, 0.6) is 0 Å². The van der Waals surface area contributed by atoms with Crippen molar-refractivity contribution in [3.63, 3.8) is 0 Å². The van der Waals surface area contributed by atoms with Gasteiger partial charge in [0.25, 0.3) is 0 Å². The summed E-state index contributed by atoms with van der Waals surface area (Å²) in [5.41, 5.74) is 2.44. The highest BCUT2D eigenvalue weighted by molar-refractivity contribution is 7.89. The smallest absolute Gasteiger partial charge is 0.243 e. The van der Waals surface area contributed by atoms with E-state index in [1.165, 1.54) is 9.87 Å². The molecule has 1 fully saturated rings. The zero-order valence-electron chi connectivity index (χ0n) is 10.2. The van der Waals surface area contributed by atoms with Crippen LogP contribution in [0.3, 0.4) is 0 Å². The van der Waals surface area contributed by atoms with Crippen LogP contribution in [0.15, 0.2) is 23.1 Å². The summed E-state index contributed by atoms with van der Waals surface area (Å²) in [5.74, 6) is 0. The Bertz CT molecular complexity index is 568. The summed E-state index contributed by atoms with van der Waals surface area (Å²) in [7, 11) is -3.42. The second-order valence-corrected chi connectivity index (χ2v) is 7.03. The number of aryl methyl sites for hydroxylation is 2. The van der Waals surface area contributed by atoms with Crippen molar-refractivity contribution >= 4 is 10.0 Å². The van der Waals surface area contributed by atoms with Crippen molar-refractivity contribution in [3.05, 3.63) is 29.3 Å². The second-order valence-electron chi connectivity index (χ2n) is 5.09. The Morgan fingerprint density at radius 1 is 1.22 bits per heavy atom. The molecule has 5 heteroatoms. The lowest BCUT2D eigenvalue weighted by Gasteiger charge is -2.16. The zero-order valence-corrected chi connectivity index (χ0v) is 11.0. The molecule has 98 valence electrons. The van der Waals surface area contributed by atoms with Crippen LogP contribution in [0.25, 0.3) is 0 Å². The Morgan fingerprint density at radius 2 is 2.00 bits per heavy atom. The molecule has 1 heterocycles. The zero-order chi connectivity index (χ0) is 12.8. The molecule has 1 unspecified atom stereocenters. The second kappa shape index (κ2) is 4.33. The molecule has 0 spiro atoms. The lowest BCUT2D eigenvalue weighted by atomic mass is 10.1. The van der Waals surface area contributed by atoms with Gasteiger partial charge in [0, 0.05) is 13.1 Å². The molecule has 2 aliphatic rings. The van der Waals surface area contributed by atoms with Crippen LogP contribution in [0.1, 0.15) is 24.0 Å². The predicted octanol–water partition coefficient (Wildman–Crippen LogP) is 0.931. The van der Waals surface area contributed by atoms with Gasteiger partial charge in [-0.1, -0.05) is 6.07 Å². The number of β-amino-alcohol motifs (C(OH)–C–C–N with tert-alkyl or cyclic N) is 1. The summed E-state index contributed by atoms with van der Waals surface area (Å²) in [4.78, 5) is 0.372.